The molecule has 0 saturated carbocycles. The minimum Gasteiger partial charge on any atom is -0.873 e. The van der Waals surface area contributed by atoms with E-state index in [0.717, 1.165) is 11.6 Å². The van der Waals surface area contributed by atoms with Crippen LogP contribution in [0.25, 0.3) is 5.32 Å². The molecule has 0 saturated heterocycles. The van der Waals surface area contributed by atoms with Crippen LogP contribution in [0.5, 0.6) is 5.75 Å². The maximum absolute atomic E-state index is 13.3. The molecular formula is C31H38F3NORu. The summed E-state index contributed by atoms with van der Waals surface area (Å²) in [6.45, 7) is 18.2. The van der Waals surface area contributed by atoms with Gasteiger partial charge in [0.1, 0.15) is 0 Å². The summed E-state index contributed by atoms with van der Waals surface area (Å²) in [5.74, 6) is 0.322. The van der Waals surface area contributed by atoms with Crippen molar-refractivity contribution in [3.63, 3.8) is 0 Å². The Morgan fingerprint density at radius 1 is 0.730 bits per heavy atom. The van der Waals surface area contributed by atoms with Crippen LogP contribution in [0.2, 0.25) is 0 Å². The summed E-state index contributed by atoms with van der Waals surface area (Å²) in [4.78, 5) is 0. The smallest absolute Gasteiger partial charge is 0.873 e. The molecule has 0 aliphatic rings. The Labute approximate surface area is 233 Å². The predicted octanol–water partition coefficient (Wildman–Crippen LogP) is 9.83. The van der Waals surface area contributed by atoms with E-state index in [0.29, 0.717) is 11.5 Å². The zero-order chi connectivity index (χ0) is 27.5. The summed E-state index contributed by atoms with van der Waals surface area (Å²) < 4.78 is 39.8. The number of nitrogens with zero attached hydrogens (tertiary/aromatic N) is 1. The van der Waals surface area contributed by atoms with E-state index < -0.39 is 17.2 Å². The molecule has 3 aromatic rings. The number of alkyl halides is 3. The Morgan fingerprint density at radius 2 is 1.27 bits per heavy atom. The number of para-hydroxylation sites is 1. The van der Waals surface area contributed by atoms with Gasteiger partial charge in [-0.25, -0.2) is 0 Å². The molecular weight excluding hydrogens is 560 g/mol. The molecule has 3 rings (SSSR count). The number of aryl methyl sites for hydroxylation is 1. The van der Waals surface area contributed by atoms with Gasteiger partial charge in [0.15, 0.2) is 0 Å². The fraction of sp³-hybridized carbons (Fsp3) is 0.419. The third kappa shape index (κ3) is 9.18. The van der Waals surface area contributed by atoms with Crippen molar-refractivity contribution in [1.29, 1.82) is 0 Å². The number of rotatable bonds is 3. The molecule has 0 aliphatic heterocycles. The molecule has 0 atom stereocenters. The molecule has 37 heavy (non-hydrogen) atoms. The van der Waals surface area contributed by atoms with Crippen LogP contribution in [0.1, 0.15) is 89.1 Å². The summed E-state index contributed by atoms with van der Waals surface area (Å²) in [5.41, 5.74) is 2.42. The van der Waals surface area contributed by atoms with E-state index in [9.17, 15) is 18.3 Å². The molecule has 2 nitrogen and oxygen atoms in total. The van der Waals surface area contributed by atoms with Gasteiger partial charge >= 0.3 is 25.7 Å². The molecule has 3 aromatic carbocycles. The maximum Gasteiger partial charge on any atom is 2.00 e. The molecule has 0 aliphatic carbocycles. The van der Waals surface area contributed by atoms with Gasteiger partial charge in [-0.2, -0.15) is 13.2 Å². The van der Waals surface area contributed by atoms with E-state index in [1.54, 1.807) is 6.07 Å². The first-order valence-corrected chi connectivity index (χ1v) is 12.2. The van der Waals surface area contributed by atoms with Crippen LogP contribution in [-0.2, 0) is 36.5 Å². The molecule has 0 aromatic heterocycles. The maximum atomic E-state index is 13.3. The Kier molecular flexibility index (Phi) is 11.0. The van der Waals surface area contributed by atoms with Crippen LogP contribution < -0.4 is 5.11 Å². The average molecular weight is 599 g/mol. The molecule has 0 N–H and O–H groups in total. The van der Waals surface area contributed by atoms with Crippen molar-refractivity contribution in [2.45, 2.75) is 85.2 Å². The molecule has 0 heterocycles. The summed E-state index contributed by atoms with van der Waals surface area (Å²) >= 11 is 0. The summed E-state index contributed by atoms with van der Waals surface area (Å²) in [5, 5.41) is 17.0. The predicted molar refractivity (Wildman–Crippen MR) is 143 cm³/mol. The van der Waals surface area contributed by atoms with Gasteiger partial charge in [0.05, 0.1) is 0 Å². The van der Waals surface area contributed by atoms with Gasteiger partial charge in [0.2, 0.25) is 0 Å². The zero-order valence-corrected chi connectivity index (χ0v) is 24.9. The standard InChI is InChI=1S/C21H25F3NO.C10H14.Ru/c1-19(2,3)13-11-15(20(4,5)6)18(26)17(12-13)25-16-10-8-7-9-14(16)21(22,23)24;1-8(2)10-6-4-9(3)5-7-10;/h7-12,26H,1-6H3;4-8H,1-3H3;/q-1;;+2/p-1. The Morgan fingerprint density at radius 3 is 1.73 bits per heavy atom. The van der Waals surface area contributed by atoms with Crippen LogP contribution in [0, 0.1) is 6.92 Å². The largest absolute Gasteiger partial charge is 2.00 e. The minimum atomic E-state index is -4.53. The van der Waals surface area contributed by atoms with Crippen molar-refractivity contribution in [2.24, 2.45) is 0 Å². The summed E-state index contributed by atoms with van der Waals surface area (Å²) in [6, 6.07) is 17.2. The number of hydrogen-bond donors (Lipinski definition) is 0. The van der Waals surface area contributed by atoms with Gasteiger partial charge in [0.25, 0.3) is 0 Å². The van der Waals surface area contributed by atoms with Gasteiger partial charge in [-0.15, -0.1) is 17.1 Å². The third-order valence-electron chi connectivity index (χ3n) is 5.94. The molecule has 0 amide bonds. The Hall–Kier alpha value is -2.33. The topological polar surface area (TPSA) is 37.2 Å². The monoisotopic (exact) mass is 599 g/mol. The fourth-order valence-corrected chi connectivity index (χ4v) is 3.58. The quantitative estimate of drug-likeness (QED) is 0.277. The normalized spacial score (nSPS) is 11.9. The summed E-state index contributed by atoms with van der Waals surface area (Å²) in [7, 11) is 0. The number of benzene rings is 3. The van der Waals surface area contributed by atoms with E-state index in [4.69, 9.17) is 0 Å². The van der Waals surface area contributed by atoms with Crippen molar-refractivity contribution in [2.75, 3.05) is 0 Å². The second-order valence-electron chi connectivity index (χ2n) is 11.6. The molecule has 0 unspecified atom stereocenters. The van der Waals surface area contributed by atoms with Gasteiger partial charge in [0, 0.05) is 5.56 Å². The number of halogens is 3. The molecule has 0 radical (unpaired) electrons. The third-order valence-corrected chi connectivity index (χ3v) is 5.94. The molecule has 0 bridgehead atoms. The molecule has 0 spiro atoms. The minimum absolute atomic E-state index is 0. The van der Waals surface area contributed by atoms with E-state index in [-0.39, 0.29) is 42.0 Å². The van der Waals surface area contributed by atoms with Crippen molar-refractivity contribution in [3.8, 4) is 5.75 Å². The summed E-state index contributed by atoms with van der Waals surface area (Å²) in [6.07, 6.45) is -4.53. The van der Waals surface area contributed by atoms with Gasteiger partial charge in [-0.1, -0.05) is 127 Å². The van der Waals surface area contributed by atoms with Gasteiger partial charge in [-0.3, -0.25) is 0 Å². The second kappa shape index (κ2) is 12.5. The SMILES string of the molecule is CC(C)(C)c1cc([N-]c2ccccc2C(F)(F)F)c([O-])c(C(C)(C)C)c1.Cc1ccc(C(C)C)cc1.[Ru+2]. The van der Waals surface area contributed by atoms with Crippen LogP contribution >= 0.6 is 0 Å². The van der Waals surface area contributed by atoms with E-state index in [1.165, 1.54) is 29.3 Å². The van der Waals surface area contributed by atoms with Crippen molar-refractivity contribution in [3.05, 3.63) is 93.8 Å². The van der Waals surface area contributed by atoms with Crippen molar-refractivity contribution >= 4 is 11.4 Å². The van der Waals surface area contributed by atoms with Crippen LogP contribution in [-0.4, -0.2) is 0 Å². The van der Waals surface area contributed by atoms with Crippen LogP contribution in [0.3, 0.4) is 0 Å². The average Bonchev–Trinajstić information content (AvgIpc) is 2.74. The van der Waals surface area contributed by atoms with E-state index in [1.807, 2.05) is 47.6 Å². The number of hydrogen-bond acceptors (Lipinski definition) is 1. The van der Waals surface area contributed by atoms with Gasteiger partial charge < -0.3 is 10.4 Å². The van der Waals surface area contributed by atoms with E-state index >= 15 is 0 Å². The first kappa shape index (κ1) is 32.7. The van der Waals surface area contributed by atoms with Crippen molar-refractivity contribution < 1.29 is 37.8 Å². The van der Waals surface area contributed by atoms with Crippen molar-refractivity contribution in [1.82, 2.24) is 0 Å². The fourth-order valence-electron chi connectivity index (χ4n) is 3.58. The molecule has 202 valence electrons. The van der Waals surface area contributed by atoms with Crippen LogP contribution in [0.15, 0.2) is 60.7 Å². The Bertz CT molecular complexity index is 1160. The second-order valence-corrected chi connectivity index (χ2v) is 11.6. The van der Waals surface area contributed by atoms with E-state index in [2.05, 4.69) is 50.4 Å². The Balaban J connectivity index is 0.000000523. The van der Waals surface area contributed by atoms with Crippen LogP contribution in [0.4, 0.5) is 24.5 Å². The molecule has 0 fully saturated rings. The first-order valence-electron chi connectivity index (χ1n) is 12.2. The van der Waals surface area contributed by atoms with Gasteiger partial charge in [-0.05, 0) is 34.8 Å². The zero-order valence-electron chi connectivity index (χ0n) is 23.2. The first-order chi connectivity index (χ1) is 16.4. The molecule has 6 heteroatoms.